The lowest BCUT2D eigenvalue weighted by Crippen LogP contribution is -2.28. The van der Waals surface area contributed by atoms with E-state index in [-0.39, 0.29) is 18.8 Å². The molecule has 128 valence electrons. The smallest absolute Gasteiger partial charge is 0.351 e. The Morgan fingerprint density at radius 3 is 2.88 bits per heavy atom. The van der Waals surface area contributed by atoms with Crippen LogP contribution in [0.15, 0.2) is 11.0 Å². The van der Waals surface area contributed by atoms with E-state index in [2.05, 4.69) is 22.7 Å². The molecular weight excluding hydrogens is 310 g/mol. The fraction of sp³-hybridized carbons (Fsp3) is 0.529. The molecule has 1 fully saturated rings. The van der Waals surface area contributed by atoms with Crippen LogP contribution in [0.5, 0.6) is 0 Å². The van der Waals surface area contributed by atoms with Crippen molar-refractivity contribution >= 4 is 5.82 Å². The van der Waals surface area contributed by atoms with Crippen molar-refractivity contribution in [2.45, 2.75) is 50.5 Å². The van der Waals surface area contributed by atoms with Crippen LogP contribution in [0.2, 0.25) is 0 Å². The number of ether oxygens (including phenoxy) is 1. The van der Waals surface area contributed by atoms with Crippen LogP contribution in [0.25, 0.3) is 0 Å². The van der Waals surface area contributed by atoms with Crippen molar-refractivity contribution < 1.29 is 14.9 Å². The van der Waals surface area contributed by atoms with Gasteiger partial charge in [0.15, 0.2) is 0 Å². The van der Waals surface area contributed by atoms with Crippen molar-refractivity contribution in [1.82, 2.24) is 9.55 Å². The highest BCUT2D eigenvalue weighted by Crippen LogP contribution is 2.27. The van der Waals surface area contributed by atoms with E-state index < -0.39 is 24.1 Å². The molecule has 0 saturated carbocycles. The van der Waals surface area contributed by atoms with E-state index in [1.165, 1.54) is 10.8 Å². The Morgan fingerprint density at radius 2 is 2.21 bits per heavy atom. The van der Waals surface area contributed by atoms with Gasteiger partial charge in [-0.25, -0.2) is 4.79 Å². The first kappa shape index (κ1) is 18.0. The molecule has 7 heteroatoms. The molecule has 0 spiro atoms. The number of nitrogens with two attached hydrogens (primary N) is 1. The number of unbranched alkanes of at least 4 members (excludes halogenated alkanes) is 3. The second-order valence-electron chi connectivity index (χ2n) is 5.56. The minimum absolute atomic E-state index is 0.0598. The van der Waals surface area contributed by atoms with E-state index in [0.717, 1.165) is 19.3 Å². The predicted molar refractivity (Wildman–Crippen MR) is 88.7 cm³/mol. The van der Waals surface area contributed by atoms with Gasteiger partial charge in [0.25, 0.3) is 0 Å². The van der Waals surface area contributed by atoms with E-state index in [4.69, 9.17) is 22.0 Å². The van der Waals surface area contributed by atoms with Crippen LogP contribution in [0, 0.1) is 24.2 Å². The molecule has 0 bridgehead atoms. The van der Waals surface area contributed by atoms with Gasteiger partial charge in [0, 0.05) is 25.5 Å². The van der Waals surface area contributed by atoms with Crippen molar-refractivity contribution in [3.05, 3.63) is 22.2 Å². The van der Waals surface area contributed by atoms with E-state index in [1.54, 1.807) is 0 Å². The number of hydrogen-bond acceptors (Lipinski definition) is 6. The summed E-state index contributed by atoms with van der Waals surface area (Å²) in [6, 6.07) is 0. The van der Waals surface area contributed by atoms with Gasteiger partial charge in [-0.3, -0.25) is 4.57 Å². The number of nitrogen functional groups attached to an aromatic ring is 1. The molecule has 7 nitrogen and oxygen atoms in total. The van der Waals surface area contributed by atoms with E-state index in [1.807, 2.05) is 0 Å². The monoisotopic (exact) mass is 331 g/mol. The maximum Gasteiger partial charge on any atom is 0.351 e. The number of rotatable bonds is 5. The number of aliphatic hydroxyl groups is 2. The summed E-state index contributed by atoms with van der Waals surface area (Å²) >= 11 is 0. The Labute approximate surface area is 140 Å². The van der Waals surface area contributed by atoms with Gasteiger partial charge in [-0.15, -0.1) is 12.3 Å². The summed E-state index contributed by atoms with van der Waals surface area (Å²) in [6.45, 7) is -0.320. The number of hydrogen-bond donors (Lipinski definition) is 3. The van der Waals surface area contributed by atoms with E-state index in [9.17, 15) is 9.90 Å². The van der Waals surface area contributed by atoms with E-state index >= 15 is 0 Å². The SMILES string of the molecule is C#CCCCCC#Cc1cn([C@H]2C[C@H](O)[C@@H](CO)O2)c(=O)nc1N. The summed E-state index contributed by atoms with van der Waals surface area (Å²) in [6.07, 6.45) is 7.80. The van der Waals surface area contributed by atoms with E-state index in [0.29, 0.717) is 12.0 Å². The zero-order chi connectivity index (χ0) is 17.5. The summed E-state index contributed by atoms with van der Waals surface area (Å²) in [5.41, 5.74) is 5.60. The molecule has 1 aliphatic rings. The third kappa shape index (κ3) is 4.36. The molecule has 24 heavy (non-hydrogen) atoms. The molecule has 2 heterocycles. The Balaban J connectivity index is 2.13. The lowest BCUT2D eigenvalue weighted by atomic mass is 10.2. The normalized spacial score (nSPS) is 22.6. The van der Waals surface area contributed by atoms with Crippen LogP contribution in [-0.4, -0.2) is 38.6 Å². The highest BCUT2D eigenvalue weighted by atomic mass is 16.5. The number of anilines is 1. The molecule has 1 aromatic rings. The second kappa shape index (κ2) is 8.51. The molecule has 0 amide bonds. The summed E-state index contributed by atoms with van der Waals surface area (Å²) in [4.78, 5) is 15.8. The molecule has 1 saturated heterocycles. The van der Waals surface area contributed by atoms with Gasteiger partial charge < -0.3 is 20.7 Å². The molecule has 2 rings (SSSR count). The van der Waals surface area contributed by atoms with Crippen molar-refractivity contribution in [2.24, 2.45) is 0 Å². The second-order valence-corrected chi connectivity index (χ2v) is 5.56. The third-order valence-corrected chi connectivity index (χ3v) is 3.77. The van der Waals surface area contributed by atoms with Crippen LogP contribution < -0.4 is 11.4 Å². The minimum Gasteiger partial charge on any atom is -0.394 e. The summed E-state index contributed by atoms with van der Waals surface area (Å²) in [5, 5.41) is 18.9. The maximum absolute atomic E-state index is 12.0. The molecular formula is C17H21N3O4. The van der Waals surface area contributed by atoms with Gasteiger partial charge in [-0.1, -0.05) is 11.8 Å². The number of aliphatic hydroxyl groups excluding tert-OH is 2. The number of nitrogens with zero attached hydrogens (tertiary/aromatic N) is 2. The highest BCUT2D eigenvalue weighted by molar-refractivity contribution is 5.48. The van der Waals surface area contributed by atoms with Crippen LogP contribution in [0.1, 0.15) is 43.9 Å². The van der Waals surface area contributed by atoms with Gasteiger partial charge >= 0.3 is 5.69 Å². The molecule has 0 unspecified atom stereocenters. The Hall–Kier alpha value is -2.32. The molecule has 0 aromatic carbocycles. The summed E-state index contributed by atoms with van der Waals surface area (Å²) in [5.74, 6) is 8.52. The van der Waals surface area contributed by atoms with Gasteiger partial charge in [-0.2, -0.15) is 4.98 Å². The van der Waals surface area contributed by atoms with Crippen molar-refractivity contribution in [1.29, 1.82) is 0 Å². The maximum atomic E-state index is 12.0. The molecule has 1 aromatic heterocycles. The fourth-order valence-electron chi connectivity index (χ4n) is 2.43. The number of aromatic nitrogens is 2. The van der Waals surface area contributed by atoms with Crippen molar-refractivity contribution in [2.75, 3.05) is 12.3 Å². The third-order valence-electron chi connectivity index (χ3n) is 3.77. The fourth-order valence-corrected chi connectivity index (χ4v) is 2.43. The van der Waals surface area contributed by atoms with Gasteiger partial charge in [0.2, 0.25) is 0 Å². The van der Waals surface area contributed by atoms with Crippen LogP contribution in [0.3, 0.4) is 0 Å². The van der Waals surface area contributed by atoms with Gasteiger partial charge in [0.1, 0.15) is 18.1 Å². The largest absolute Gasteiger partial charge is 0.394 e. The quantitative estimate of drug-likeness (QED) is 0.518. The van der Waals surface area contributed by atoms with Gasteiger partial charge in [0.05, 0.1) is 18.3 Å². The minimum atomic E-state index is -0.838. The average molecular weight is 331 g/mol. The Morgan fingerprint density at radius 1 is 1.46 bits per heavy atom. The zero-order valence-corrected chi connectivity index (χ0v) is 13.3. The standard InChI is InChI=1S/C17H21N3O4/c1-2-3-4-5-6-7-8-12-10-20(17(23)19-16(12)18)15-9-13(22)14(11-21)24-15/h1,10,13-15,21-22H,3-6,9,11H2,(H2,18,19,23)/t13-,14+,15+/m0/s1. The molecule has 3 atom stereocenters. The summed E-state index contributed by atoms with van der Waals surface area (Å²) < 4.78 is 6.72. The average Bonchev–Trinajstić information content (AvgIpc) is 2.93. The first-order valence-corrected chi connectivity index (χ1v) is 7.82. The van der Waals surface area contributed by atoms with Gasteiger partial charge in [-0.05, 0) is 12.8 Å². The van der Waals surface area contributed by atoms with Crippen LogP contribution >= 0.6 is 0 Å². The zero-order valence-electron chi connectivity index (χ0n) is 13.3. The molecule has 0 aliphatic carbocycles. The van der Waals surface area contributed by atoms with Crippen molar-refractivity contribution in [3.8, 4) is 24.2 Å². The lowest BCUT2D eigenvalue weighted by molar-refractivity contribution is -0.0458. The Kier molecular flexibility index (Phi) is 6.39. The first-order valence-electron chi connectivity index (χ1n) is 7.82. The number of terminal acetylenes is 1. The topological polar surface area (TPSA) is 111 Å². The van der Waals surface area contributed by atoms with Crippen LogP contribution in [0.4, 0.5) is 5.82 Å². The molecule has 4 N–H and O–H groups in total. The van der Waals surface area contributed by atoms with Crippen molar-refractivity contribution in [3.63, 3.8) is 0 Å². The van der Waals surface area contributed by atoms with Crippen LogP contribution in [-0.2, 0) is 4.74 Å². The molecule has 1 aliphatic heterocycles. The summed E-state index contributed by atoms with van der Waals surface area (Å²) in [7, 11) is 0. The first-order chi connectivity index (χ1) is 11.6. The predicted octanol–water partition coefficient (Wildman–Crippen LogP) is 0.0113. The lowest BCUT2D eigenvalue weighted by Gasteiger charge is -2.14. The highest BCUT2D eigenvalue weighted by Gasteiger charge is 2.35. The molecule has 0 radical (unpaired) electrons. The Bertz CT molecular complexity index is 726.